The second-order valence-electron chi connectivity index (χ2n) is 7.02. The maximum absolute atomic E-state index is 12.3. The van der Waals surface area contributed by atoms with Crippen molar-refractivity contribution in [2.24, 2.45) is 17.3 Å². The molecule has 0 spiro atoms. The van der Waals surface area contributed by atoms with E-state index >= 15 is 0 Å². The van der Waals surface area contributed by atoms with Crippen LogP contribution in [0.25, 0.3) is 0 Å². The van der Waals surface area contributed by atoms with E-state index in [2.05, 4.69) is 6.07 Å². The molecule has 128 valence electrons. The fourth-order valence-electron chi connectivity index (χ4n) is 3.13. The average molecular weight is 335 g/mol. The van der Waals surface area contributed by atoms with Crippen LogP contribution in [0, 0.1) is 28.6 Å². The van der Waals surface area contributed by atoms with Crippen molar-refractivity contribution in [2.75, 3.05) is 0 Å². The van der Waals surface area contributed by atoms with Crippen molar-refractivity contribution in [2.45, 2.75) is 26.9 Å². The molecule has 2 aromatic rings. The van der Waals surface area contributed by atoms with Gasteiger partial charge in [0.15, 0.2) is 0 Å². The molecule has 0 unspecified atom stereocenters. The van der Waals surface area contributed by atoms with E-state index in [1.807, 2.05) is 51.1 Å². The van der Waals surface area contributed by atoms with Crippen LogP contribution < -0.4 is 4.74 Å². The molecule has 1 aliphatic carbocycles. The van der Waals surface area contributed by atoms with Crippen LogP contribution in [0.1, 0.15) is 32.4 Å². The van der Waals surface area contributed by atoms with Gasteiger partial charge in [-0.15, -0.1) is 0 Å². The molecule has 1 fully saturated rings. The first-order valence-corrected chi connectivity index (χ1v) is 8.36. The molecule has 1 aliphatic rings. The minimum absolute atomic E-state index is 0.0602. The van der Waals surface area contributed by atoms with Crippen LogP contribution in [0.4, 0.5) is 0 Å². The second-order valence-corrected chi connectivity index (χ2v) is 7.02. The number of ether oxygens (including phenoxy) is 2. The topological polar surface area (TPSA) is 59.3 Å². The Labute approximate surface area is 148 Å². The van der Waals surface area contributed by atoms with Gasteiger partial charge in [-0.25, -0.2) is 0 Å². The molecule has 25 heavy (non-hydrogen) atoms. The molecule has 0 saturated heterocycles. The van der Waals surface area contributed by atoms with Crippen molar-refractivity contribution in [3.8, 4) is 17.6 Å². The molecule has 0 radical (unpaired) electrons. The number of rotatable bonds is 5. The lowest BCUT2D eigenvalue weighted by molar-refractivity contribution is -0.149. The van der Waals surface area contributed by atoms with Crippen molar-refractivity contribution < 1.29 is 14.3 Å². The van der Waals surface area contributed by atoms with Gasteiger partial charge in [0.25, 0.3) is 0 Å². The minimum atomic E-state index is -0.935. The number of nitriles is 1. The van der Waals surface area contributed by atoms with E-state index in [4.69, 9.17) is 9.47 Å². The normalized spacial score (nSPS) is 21.7. The predicted molar refractivity (Wildman–Crippen MR) is 93.8 cm³/mol. The number of hydrogen-bond acceptors (Lipinski definition) is 4. The average Bonchev–Trinajstić information content (AvgIpc) is 3.11. The second kappa shape index (κ2) is 6.60. The highest BCUT2D eigenvalue weighted by Crippen LogP contribution is 2.58. The summed E-state index contributed by atoms with van der Waals surface area (Å²) in [6, 6.07) is 18.5. The van der Waals surface area contributed by atoms with Crippen LogP contribution in [0.2, 0.25) is 0 Å². The molecule has 0 heterocycles. The summed E-state index contributed by atoms with van der Waals surface area (Å²) in [5.74, 6) is 1.12. The molecular weight excluding hydrogens is 314 g/mol. The summed E-state index contributed by atoms with van der Waals surface area (Å²) in [6.07, 6.45) is -0.935. The summed E-state index contributed by atoms with van der Waals surface area (Å²) >= 11 is 0. The maximum Gasteiger partial charge on any atom is 0.311 e. The molecule has 3 atom stereocenters. The summed E-state index contributed by atoms with van der Waals surface area (Å²) in [7, 11) is 0. The number of para-hydroxylation sites is 1. The van der Waals surface area contributed by atoms with Gasteiger partial charge in [0.1, 0.15) is 17.6 Å². The van der Waals surface area contributed by atoms with Gasteiger partial charge in [-0.05, 0) is 35.6 Å². The largest absolute Gasteiger partial charge is 0.457 e. The Hall–Kier alpha value is -2.80. The van der Waals surface area contributed by atoms with Crippen molar-refractivity contribution >= 4 is 5.97 Å². The van der Waals surface area contributed by atoms with Gasteiger partial charge in [-0.2, -0.15) is 5.26 Å². The van der Waals surface area contributed by atoms with Gasteiger partial charge in [0.05, 0.1) is 5.92 Å². The summed E-state index contributed by atoms with van der Waals surface area (Å²) in [4.78, 5) is 12.3. The molecule has 2 aromatic carbocycles. The zero-order chi connectivity index (χ0) is 18.0. The van der Waals surface area contributed by atoms with Crippen LogP contribution >= 0.6 is 0 Å². The Morgan fingerprint density at radius 3 is 2.36 bits per heavy atom. The first kappa shape index (κ1) is 17.0. The standard InChI is InChI=1S/C21H21NO3/c1-14-19(21(14,2)3)20(23)25-18(13-22)15-8-7-11-17(12-15)24-16-9-5-4-6-10-16/h4-12,14,18-19H,1-3H3/t14-,18+,19-/m0/s1. The number of carbonyl (C=O) groups excluding carboxylic acids is 1. The van der Waals surface area contributed by atoms with Crippen LogP contribution in [-0.4, -0.2) is 5.97 Å². The van der Waals surface area contributed by atoms with Gasteiger partial charge in [0, 0.05) is 5.56 Å². The van der Waals surface area contributed by atoms with Gasteiger partial charge >= 0.3 is 5.97 Å². The smallest absolute Gasteiger partial charge is 0.311 e. The van der Waals surface area contributed by atoms with Crippen molar-refractivity contribution in [3.63, 3.8) is 0 Å². The molecule has 4 heteroatoms. The number of hydrogen-bond donors (Lipinski definition) is 0. The van der Waals surface area contributed by atoms with Gasteiger partial charge in [-0.1, -0.05) is 51.1 Å². The quantitative estimate of drug-likeness (QED) is 0.731. The van der Waals surface area contributed by atoms with Crippen molar-refractivity contribution in [1.82, 2.24) is 0 Å². The first-order valence-electron chi connectivity index (χ1n) is 8.36. The summed E-state index contributed by atoms with van der Waals surface area (Å²) in [5, 5.41) is 9.44. The third kappa shape index (κ3) is 3.51. The Kier molecular flexibility index (Phi) is 4.50. The number of benzene rings is 2. The van der Waals surface area contributed by atoms with Crippen molar-refractivity contribution in [3.05, 3.63) is 60.2 Å². The number of carbonyl (C=O) groups is 1. The van der Waals surface area contributed by atoms with Crippen LogP contribution in [0.15, 0.2) is 54.6 Å². The van der Waals surface area contributed by atoms with Crippen LogP contribution in [0.3, 0.4) is 0 Å². The highest BCUT2D eigenvalue weighted by molar-refractivity contribution is 5.78. The number of nitrogens with zero attached hydrogens (tertiary/aromatic N) is 1. The van der Waals surface area contributed by atoms with E-state index in [1.54, 1.807) is 24.3 Å². The zero-order valence-corrected chi connectivity index (χ0v) is 14.6. The Morgan fingerprint density at radius 1 is 1.12 bits per heavy atom. The van der Waals surface area contributed by atoms with E-state index in [1.165, 1.54) is 0 Å². The van der Waals surface area contributed by atoms with Gasteiger partial charge in [-0.3, -0.25) is 4.79 Å². The van der Waals surface area contributed by atoms with Crippen molar-refractivity contribution in [1.29, 1.82) is 5.26 Å². The third-order valence-corrected chi connectivity index (χ3v) is 5.11. The fourth-order valence-corrected chi connectivity index (χ4v) is 3.13. The Balaban J connectivity index is 1.72. The predicted octanol–water partition coefficient (Wildman–Crippen LogP) is 4.88. The molecule has 0 bridgehead atoms. The highest BCUT2D eigenvalue weighted by atomic mass is 16.5. The van der Waals surface area contributed by atoms with Crippen LogP contribution in [0.5, 0.6) is 11.5 Å². The maximum atomic E-state index is 12.3. The van der Waals surface area contributed by atoms with E-state index in [-0.39, 0.29) is 23.2 Å². The lowest BCUT2D eigenvalue weighted by atomic mass is 10.1. The van der Waals surface area contributed by atoms with E-state index < -0.39 is 6.10 Å². The molecule has 4 nitrogen and oxygen atoms in total. The highest BCUT2D eigenvalue weighted by Gasteiger charge is 2.60. The minimum Gasteiger partial charge on any atom is -0.457 e. The Morgan fingerprint density at radius 2 is 1.76 bits per heavy atom. The fraction of sp³-hybridized carbons (Fsp3) is 0.333. The van der Waals surface area contributed by atoms with Gasteiger partial charge in [0.2, 0.25) is 6.10 Å². The monoisotopic (exact) mass is 335 g/mol. The number of esters is 1. The summed E-state index contributed by atoms with van der Waals surface area (Å²) in [5.41, 5.74) is 0.547. The van der Waals surface area contributed by atoms with Crippen LogP contribution in [-0.2, 0) is 9.53 Å². The van der Waals surface area contributed by atoms with E-state index in [9.17, 15) is 10.1 Å². The SMILES string of the molecule is C[C@H]1[C@@H](C(=O)O[C@H](C#N)c2cccc(Oc3ccccc3)c2)C1(C)C. The molecular formula is C21H21NO3. The molecule has 0 aliphatic heterocycles. The lowest BCUT2D eigenvalue weighted by Gasteiger charge is -2.13. The van der Waals surface area contributed by atoms with E-state index in [0.717, 1.165) is 0 Å². The molecule has 0 aromatic heterocycles. The van der Waals surface area contributed by atoms with E-state index in [0.29, 0.717) is 17.1 Å². The molecule has 1 saturated carbocycles. The zero-order valence-electron chi connectivity index (χ0n) is 14.6. The molecule has 0 N–H and O–H groups in total. The third-order valence-electron chi connectivity index (χ3n) is 5.11. The summed E-state index contributed by atoms with van der Waals surface area (Å²) < 4.78 is 11.2. The van der Waals surface area contributed by atoms with Gasteiger partial charge < -0.3 is 9.47 Å². The lowest BCUT2D eigenvalue weighted by Crippen LogP contribution is -2.14. The first-order chi connectivity index (χ1) is 11.9. The molecule has 0 amide bonds. The Bertz CT molecular complexity index is 807. The molecule has 3 rings (SSSR count). The summed E-state index contributed by atoms with van der Waals surface area (Å²) in [6.45, 7) is 6.11.